The molecule has 1 aliphatic carbocycles. The van der Waals surface area contributed by atoms with Crippen LogP contribution in [0.15, 0.2) is 17.2 Å². The van der Waals surface area contributed by atoms with Crippen LogP contribution in [-0.4, -0.2) is 21.5 Å². The summed E-state index contributed by atoms with van der Waals surface area (Å²) in [5.41, 5.74) is -0.129. The standard InChI is InChI=1S/C18H25N3O2S/c1-4-13-8-14-17(24-13)19-10-21(18(14)23)9-16(22)20-15-7-5-6-11(2)12(15)3/h8,10-12,15H,4-7,9H2,1-3H3,(H,20,22). The van der Waals surface area contributed by atoms with E-state index in [2.05, 4.69) is 31.1 Å². The van der Waals surface area contributed by atoms with Gasteiger partial charge in [0.25, 0.3) is 5.56 Å². The fraction of sp³-hybridized carbons (Fsp3) is 0.611. The summed E-state index contributed by atoms with van der Waals surface area (Å²) in [7, 11) is 0. The third-order valence-corrected chi connectivity index (χ3v) is 6.47. The van der Waals surface area contributed by atoms with Gasteiger partial charge in [-0.15, -0.1) is 11.3 Å². The largest absolute Gasteiger partial charge is 0.352 e. The summed E-state index contributed by atoms with van der Waals surface area (Å²) in [5, 5.41) is 3.73. The molecule has 0 aliphatic heterocycles. The summed E-state index contributed by atoms with van der Waals surface area (Å²) in [6.45, 7) is 6.54. The third kappa shape index (κ3) is 3.38. The Morgan fingerprint density at radius 2 is 2.21 bits per heavy atom. The zero-order chi connectivity index (χ0) is 17.3. The van der Waals surface area contributed by atoms with Crippen molar-refractivity contribution in [2.45, 2.75) is 59.0 Å². The van der Waals surface area contributed by atoms with E-state index in [0.29, 0.717) is 17.2 Å². The fourth-order valence-electron chi connectivity index (χ4n) is 3.49. The second-order valence-corrected chi connectivity index (χ2v) is 8.02. The maximum absolute atomic E-state index is 12.6. The number of thiophene rings is 1. The molecule has 130 valence electrons. The van der Waals surface area contributed by atoms with E-state index >= 15 is 0 Å². The van der Waals surface area contributed by atoms with Gasteiger partial charge in [-0.25, -0.2) is 4.98 Å². The van der Waals surface area contributed by atoms with Crippen molar-refractivity contribution in [2.24, 2.45) is 11.8 Å². The molecule has 1 saturated carbocycles. The maximum atomic E-state index is 12.6. The first kappa shape index (κ1) is 17.1. The van der Waals surface area contributed by atoms with E-state index in [-0.39, 0.29) is 24.1 Å². The van der Waals surface area contributed by atoms with Crippen LogP contribution in [0.25, 0.3) is 10.2 Å². The van der Waals surface area contributed by atoms with Gasteiger partial charge >= 0.3 is 0 Å². The summed E-state index contributed by atoms with van der Waals surface area (Å²) in [6.07, 6.45) is 5.78. The van der Waals surface area contributed by atoms with Crippen molar-refractivity contribution in [1.82, 2.24) is 14.9 Å². The predicted molar refractivity (Wildman–Crippen MR) is 97.4 cm³/mol. The lowest BCUT2D eigenvalue weighted by Crippen LogP contribution is -2.45. The van der Waals surface area contributed by atoms with Gasteiger partial charge in [-0.05, 0) is 30.7 Å². The number of nitrogens with one attached hydrogen (secondary N) is 1. The minimum absolute atomic E-state index is 0.0384. The van der Waals surface area contributed by atoms with E-state index in [0.717, 1.165) is 29.0 Å². The molecule has 1 aliphatic rings. The van der Waals surface area contributed by atoms with Crippen LogP contribution in [0.3, 0.4) is 0 Å². The van der Waals surface area contributed by atoms with Crippen LogP contribution in [0.4, 0.5) is 0 Å². The molecule has 0 radical (unpaired) electrons. The molecule has 3 atom stereocenters. The molecule has 1 N–H and O–H groups in total. The second-order valence-electron chi connectivity index (χ2n) is 6.90. The third-order valence-electron chi connectivity index (χ3n) is 5.28. The monoisotopic (exact) mass is 347 g/mol. The number of hydrogen-bond donors (Lipinski definition) is 1. The molecule has 0 bridgehead atoms. The van der Waals surface area contributed by atoms with Crippen molar-refractivity contribution in [2.75, 3.05) is 0 Å². The molecule has 2 aromatic heterocycles. The fourth-order valence-corrected chi connectivity index (χ4v) is 4.41. The average molecular weight is 347 g/mol. The van der Waals surface area contributed by atoms with Crippen molar-refractivity contribution in [3.63, 3.8) is 0 Å². The van der Waals surface area contributed by atoms with Crippen molar-refractivity contribution < 1.29 is 4.79 Å². The maximum Gasteiger partial charge on any atom is 0.262 e. The summed E-state index contributed by atoms with van der Waals surface area (Å²) in [4.78, 5) is 31.2. The van der Waals surface area contributed by atoms with Crippen molar-refractivity contribution in [3.05, 3.63) is 27.6 Å². The number of amides is 1. The van der Waals surface area contributed by atoms with Gasteiger partial charge < -0.3 is 5.32 Å². The molecule has 3 rings (SSSR count). The van der Waals surface area contributed by atoms with Crippen molar-refractivity contribution in [1.29, 1.82) is 0 Å². The van der Waals surface area contributed by atoms with Crippen LogP contribution in [-0.2, 0) is 17.8 Å². The highest BCUT2D eigenvalue weighted by atomic mass is 32.1. The van der Waals surface area contributed by atoms with Gasteiger partial charge in [0.15, 0.2) is 0 Å². The van der Waals surface area contributed by atoms with E-state index in [1.165, 1.54) is 17.3 Å². The second kappa shape index (κ2) is 7.05. The number of fused-ring (bicyclic) bond motifs is 1. The molecule has 1 fully saturated rings. The minimum atomic E-state index is -0.129. The molecule has 2 aromatic rings. The van der Waals surface area contributed by atoms with Crippen LogP contribution in [0.2, 0.25) is 0 Å². The van der Waals surface area contributed by atoms with Crippen LogP contribution < -0.4 is 10.9 Å². The van der Waals surface area contributed by atoms with Crippen molar-refractivity contribution >= 4 is 27.5 Å². The number of aryl methyl sites for hydroxylation is 1. The molecular formula is C18H25N3O2S. The lowest BCUT2D eigenvalue weighted by molar-refractivity contribution is -0.123. The molecule has 0 saturated heterocycles. The number of rotatable bonds is 4. The zero-order valence-corrected chi connectivity index (χ0v) is 15.4. The smallest absolute Gasteiger partial charge is 0.262 e. The quantitative estimate of drug-likeness (QED) is 0.925. The van der Waals surface area contributed by atoms with Gasteiger partial charge in [0.2, 0.25) is 5.91 Å². The van der Waals surface area contributed by atoms with Gasteiger partial charge in [-0.2, -0.15) is 0 Å². The van der Waals surface area contributed by atoms with E-state index < -0.39 is 0 Å². The van der Waals surface area contributed by atoms with Crippen LogP contribution in [0.1, 0.15) is 44.9 Å². The molecule has 2 heterocycles. The van der Waals surface area contributed by atoms with Gasteiger partial charge in [0, 0.05) is 10.9 Å². The molecule has 1 amide bonds. The Morgan fingerprint density at radius 1 is 1.42 bits per heavy atom. The highest BCUT2D eigenvalue weighted by Gasteiger charge is 2.28. The lowest BCUT2D eigenvalue weighted by Gasteiger charge is -2.34. The molecule has 3 unspecified atom stereocenters. The molecule has 0 aromatic carbocycles. The molecule has 5 nitrogen and oxygen atoms in total. The van der Waals surface area contributed by atoms with E-state index in [1.807, 2.05) is 6.07 Å². The minimum Gasteiger partial charge on any atom is -0.352 e. The normalized spacial score (nSPS) is 24.2. The Kier molecular flexibility index (Phi) is 5.04. The molecule has 6 heteroatoms. The lowest BCUT2D eigenvalue weighted by atomic mass is 9.78. The average Bonchev–Trinajstić information content (AvgIpc) is 2.99. The molecular weight excluding hydrogens is 322 g/mol. The van der Waals surface area contributed by atoms with Gasteiger partial charge in [0.1, 0.15) is 11.4 Å². The van der Waals surface area contributed by atoms with E-state index in [9.17, 15) is 9.59 Å². The Labute approximate surface area is 146 Å². The Bertz CT molecular complexity index is 795. The first-order valence-corrected chi connectivity index (χ1v) is 9.58. The number of aromatic nitrogens is 2. The van der Waals surface area contributed by atoms with Gasteiger partial charge in [0.05, 0.1) is 11.7 Å². The van der Waals surface area contributed by atoms with Gasteiger partial charge in [-0.1, -0.05) is 33.6 Å². The zero-order valence-electron chi connectivity index (χ0n) is 14.5. The Morgan fingerprint density at radius 3 is 2.96 bits per heavy atom. The number of carbonyl (C=O) groups is 1. The Hall–Kier alpha value is -1.69. The highest BCUT2D eigenvalue weighted by molar-refractivity contribution is 7.18. The van der Waals surface area contributed by atoms with Crippen LogP contribution >= 0.6 is 11.3 Å². The number of carbonyl (C=O) groups excluding carboxylic acids is 1. The highest BCUT2D eigenvalue weighted by Crippen LogP contribution is 2.29. The SMILES string of the molecule is CCc1cc2c(=O)n(CC(=O)NC3CCCC(C)C3C)cnc2s1. The van der Waals surface area contributed by atoms with E-state index in [4.69, 9.17) is 0 Å². The number of nitrogens with zero attached hydrogens (tertiary/aromatic N) is 2. The van der Waals surface area contributed by atoms with Crippen molar-refractivity contribution in [3.8, 4) is 0 Å². The first-order chi connectivity index (χ1) is 11.5. The molecule has 24 heavy (non-hydrogen) atoms. The summed E-state index contributed by atoms with van der Waals surface area (Å²) >= 11 is 1.54. The Balaban J connectivity index is 1.73. The predicted octanol–water partition coefficient (Wildman–Crippen LogP) is 2.96. The summed E-state index contributed by atoms with van der Waals surface area (Å²) < 4.78 is 1.42. The summed E-state index contributed by atoms with van der Waals surface area (Å²) in [6, 6.07) is 2.11. The first-order valence-electron chi connectivity index (χ1n) is 8.76. The van der Waals surface area contributed by atoms with Crippen LogP contribution in [0, 0.1) is 11.8 Å². The topological polar surface area (TPSA) is 64.0 Å². The van der Waals surface area contributed by atoms with Crippen LogP contribution in [0.5, 0.6) is 0 Å². The molecule has 0 spiro atoms. The number of hydrogen-bond acceptors (Lipinski definition) is 4. The summed E-state index contributed by atoms with van der Waals surface area (Å²) in [5.74, 6) is 1.00. The van der Waals surface area contributed by atoms with Gasteiger partial charge in [-0.3, -0.25) is 14.2 Å². The van der Waals surface area contributed by atoms with E-state index in [1.54, 1.807) is 11.3 Å².